The van der Waals surface area contributed by atoms with Crippen LogP contribution >= 0.6 is 0 Å². The first-order valence-electron chi connectivity index (χ1n) is 4.80. The zero-order valence-corrected chi connectivity index (χ0v) is 8.18. The zero-order chi connectivity index (χ0) is 10.8. The van der Waals surface area contributed by atoms with Gasteiger partial charge in [-0.15, -0.1) is 0 Å². The Morgan fingerprint density at radius 2 is 2.40 bits per heavy atom. The molecule has 1 amide bonds. The number of nitrogens with zero attached hydrogens (tertiary/aromatic N) is 1. The zero-order valence-electron chi connectivity index (χ0n) is 8.18. The molecule has 2 heterocycles. The van der Waals surface area contributed by atoms with Gasteiger partial charge in [-0.3, -0.25) is 9.59 Å². The summed E-state index contributed by atoms with van der Waals surface area (Å²) in [6.07, 6.45) is 1.40. The van der Waals surface area contributed by atoms with Crippen LogP contribution in [0.4, 0.5) is 5.88 Å². The Morgan fingerprint density at radius 1 is 1.60 bits per heavy atom. The summed E-state index contributed by atoms with van der Waals surface area (Å²) in [5.74, 6) is 0.530. The molecule has 1 saturated heterocycles. The highest BCUT2D eigenvalue weighted by molar-refractivity contribution is 5.78. The second-order valence-electron chi connectivity index (χ2n) is 3.63. The molecule has 0 aliphatic carbocycles. The maximum Gasteiger partial charge on any atom is 0.222 e. The van der Waals surface area contributed by atoms with Gasteiger partial charge in [-0.2, -0.15) is 0 Å². The number of hydrogen-bond donors (Lipinski definition) is 1. The van der Waals surface area contributed by atoms with E-state index in [2.05, 4.69) is 0 Å². The largest absolute Gasteiger partial charge is 0.438 e. The van der Waals surface area contributed by atoms with Crippen molar-refractivity contribution in [3.63, 3.8) is 0 Å². The molecule has 0 spiro atoms. The molecule has 0 aromatic carbocycles. The average Bonchev–Trinajstić information content (AvgIpc) is 2.86. The van der Waals surface area contributed by atoms with Gasteiger partial charge in [-0.05, 0) is 12.5 Å². The third-order valence-electron chi connectivity index (χ3n) is 2.63. The Hall–Kier alpha value is -1.78. The Morgan fingerprint density at radius 3 is 2.93 bits per heavy atom. The molecule has 1 aromatic rings. The van der Waals surface area contributed by atoms with Gasteiger partial charge in [0, 0.05) is 19.2 Å². The number of rotatable bonds is 3. The second kappa shape index (κ2) is 3.76. The molecular weight excluding hydrogens is 196 g/mol. The average molecular weight is 208 g/mol. The van der Waals surface area contributed by atoms with Crippen molar-refractivity contribution in [1.29, 1.82) is 0 Å². The van der Waals surface area contributed by atoms with Gasteiger partial charge < -0.3 is 15.1 Å². The maximum atomic E-state index is 10.9. The fraction of sp³-hybridized carbons (Fsp3) is 0.400. The normalized spacial score (nSPS) is 20.5. The van der Waals surface area contributed by atoms with Gasteiger partial charge >= 0.3 is 0 Å². The molecule has 80 valence electrons. The van der Waals surface area contributed by atoms with Crippen molar-refractivity contribution in [3.05, 3.63) is 17.9 Å². The van der Waals surface area contributed by atoms with Crippen LogP contribution in [0.1, 0.15) is 17.0 Å². The van der Waals surface area contributed by atoms with Crippen LogP contribution in [0.5, 0.6) is 0 Å². The minimum atomic E-state index is -0.278. The molecule has 1 unspecified atom stereocenters. The minimum Gasteiger partial charge on any atom is -0.438 e. The van der Waals surface area contributed by atoms with Crippen LogP contribution in [0.15, 0.2) is 16.5 Å². The third-order valence-corrected chi connectivity index (χ3v) is 2.63. The first-order chi connectivity index (χ1) is 7.20. The van der Waals surface area contributed by atoms with E-state index in [0.717, 1.165) is 13.0 Å². The Bertz CT molecular complexity index is 386. The molecule has 1 fully saturated rings. The van der Waals surface area contributed by atoms with E-state index < -0.39 is 0 Å². The monoisotopic (exact) mass is 208 g/mol. The third kappa shape index (κ3) is 1.86. The standard InChI is InChI=1S/C10H12N2O3/c11-10(14)7-3-4-12(5-7)9-2-1-8(6-13)15-9/h1-2,6-7H,3-5H2,(H2,11,14). The van der Waals surface area contributed by atoms with Crippen molar-refractivity contribution in [2.45, 2.75) is 6.42 Å². The molecular formula is C10H12N2O3. The number of furan rings is 1. The Labute approximate surface area is 86.8 Å². The van der Waals surface area contributed by atoms with Crippen molar-refractivity contribution in [3.8, 4) is 0 Å². The number of amides is 1. The maximum absolute atomic E-state index is 10.9. The summed E-state index contributed by atoms with van der Waals surface area (Å²) in [5.41, 5.74) is 5.22. The highest BCUT2D eigenvalue weighted by Gasteiger charge is 2.28. The molecule has 0 saturated carbocycles. The predicted octanol–water partition coefficient (Wildman–Crippen LogP) is 0.404. The fourth-order valence-corrected chi connectivity index (χ4v) is 1.77. The molecule has 0 radical (unpaired) electrons. The van der Waals surface area contributed by atoms with Gasteiger partial charge in [0.05, 0.1) is 5.92 Å². The molecule has 2 N–H and O–H groups in total. The van der Waals surface area contributed by atoms with Gasteiger partial charge in [-0.1, -0.05) is 0 Å². The van der Waals surface area contributed by atoms with Crippen LogP contribution in [0, 0.1) is 5.92 Å². The quantitative estimate of drug-likeness (QED) is 0.729. The molecule has 2 rings (SSSR count). The number of carbonyl (C=O) groups is 2. The molecule has 5 nitrogen and oxygen atoms in total. The van der Waals surface area contributed by atoms with E-state index in [9.17, 15) is 9.59 Å². The molecule has 5 heteroatoms. The van der Waals surface area contributed by atoms with Crippen LogP contribution in [0.25, 0.3) is 0 Å². The van der Waals surface area contributed by atoms with Gasteiger partial charge in [0.15, 0.2) is 17.9 Å². The van der Waals surface area contributed by atoms with Crippen LogP contribution < -0.4 is 10.6 Å². The molecule has 15 heavy (non-hydrogen) atoms. The van der Waals surface area contributed by atoms with E-state index in [1.807, 2.05) is 4.90 Å². The summed E-state index contributed by atoms with van der Waals surface area (Å²) >= 11 is 0. The van der Waals surface area contributed by atoms with Crippen molar-refractivity contribution in [1.82, 2.24) is 0 Å². The molecule has 1 aromatic heterocycles. The molecule has 1 aliphatic rings. The van der Waals surface area contributed by atoms with E-state index in [-0.39, 0.29) is 11.8 Å². The first kappa shape index (κ1) is 9.76. The lowest BCUT2D eigenvalue weighted by atomic mass is 10.1. The lowest BCUT2D eigenvalue weighted by Gasteiger charge is -2.13. The summed E-state index contributed by atoms with van der Waals surface area (Å²) in [6.45, 7) is 1.31. The van der Waals surface area contributed by atoms with Gasteiger partial charge in [0.1, 0.15) is 0 Å². The summed E-state index contributed by atoms with van der Waals surface area (Å²) in [6, 6.07) is 3.34. The SMILES string of the molecule is NC(=O)C1CCN(c2ccc(C=O)o2)C1. The smallest absolute Gasteiger partial charge is 0.222 e. The number of anilines is 1. The summed E-state index contributed by atoms with van der Waals surface area (Å²) in [4.78, 5) is 23.3. The topological polar surface area (TPSA) is 76.5 Å². The van der Waals surface area contributed by atoms with E-state index in [1.54, 1.807) is 12.1 Å². The Balaban J connectivity index is 2.07. The summed E-state index contributed by atoms with van der Waals surface area (Å²) in [7, 11) is 0. The van der Waals surface area contributed by atoms with Crippen molar-refractivity contribution in [2.75, 3.05) is 18.0 Å². The lowest BCUT2D eigenvalue weighted by Crippen LogP contribution is -2.27. The minimum absolute atomic E-state index is 0.116. The lowest BCUT2D eigenvalue weighted by molar-refractivity contribution is -0.121. The van der Waals surface area contributed by atoms with Gasteiger partial charge in [-0.25, -0.2) is 0 Å². The van der Waals surface area contributed by atoms with Gasteiger partial charge in [0.2, 0.25) is 5.91 Å². The Kier molecular flexibility index (Phi) is 2.45. The second-order valence-corrected chi connectivity index (χ2v) is 3.63. The van der Waals surface area contributed by atoms with Crippen LogP contribution in [-0.4, -0.2) is 25.3 Å². The number of hydrogen-bond acceptors (Lipinski definition) is 4. The highest BCUT2D eigenvalue weighted by atomic mass is 16.4. The van der Waals surface area contributed by atoms with Gasteiger partial charge in [0.25, 0.3) is 0 Å². The van der Waals surface area contributed by atoms with E-state index >= 15 is 0 Å². The van der Waals surface area contributed by atoms with E-state index in [0.29, 0.717) is 24.5 Å². The fourth-order valence-electron chi connectivity index (χ4n) is 1.77. The number of carbonyl (C=O) groups excluding carboxylic acids is 2. The molecule has 0 bridgehead atoms. The van der Waals surface area contributed by atoms with Crippen LogP contribution in [0.3, 0.4) is 0 Å². The van der Waals surface area contributed by atoms with Crippen molar-refractivity contribution < 1.29 is 14.0 Å². The predicted molar refractivity (Wildman–Crippen MR) is 53.6 cm³/mol. The first-order valence-corrected chi connectivity index (χ1v) is 4.80. The number of primary amides is 1. The van der Waals surface area contributed by atoms with E-state index in [4.69, 9.17) is 10.2 Å². The van der Waals surface area contributed by atoms with Crippen LogP contribution in [0.2, 0.25) is 0 Å². The molecule has 1 aliphatic heterocycles. The summed E-state index contributed by atoms with van der Waals surface area (Å²) in [5, 5.41) is 0. The number of nitrogens with two attached hydrogens (primary N) is 1. The van der Waals surface area contributed by atoms with Crippen LogP contribution in [-0.2, 0) is 4.79 Å². The van der Waals surface area contributed by atoms with Crippen molar-refractivity contribution in [2.24, 2.45) is 11.7 Å². The van der Waals surface area contributed by atoms with E-state index in [1.165, 1.54) is 0 Å². The molecule has 1 atom stereocenters. The number of aldehydes is 1. The highest BCUT2D eigenvalue weighted by Crippen LogP contribution is 2.25. The van der Waals surface area contributed by atoms with Crippen molar-refractivity contribution >= 4 is 18.1 Å². The summed E-state index contributed by atoms with van der Waals surface area (Å²) < 4.78 is 5.25.